The number of nitrogens with one attached hydrogen (secondary N) is 1. The van der Waals surface area contributed by atoms with Crippen LogP contribution in [0.3, 0.4) is 0 Å². The van der Waals surface area contributed by atoms with Crippen LogP contribution in [0.4, 0.5) is 4.79 Å². The van der Waals surface area contributed by atoms with Gasteiger partial charge in [0.15, 0.2) is 0 Å². The SMILES string of the molecule is CC1[C@@H]2C3C4C=CC([C@H]5C(=O)N(NC(=O)OC(C)(C)C)C(=O)[C@@H]45)[C@@]132. The first-order valence-corrected chi connectivity index (χ1v) is 8.75. The predicted molar refractivity (Wildman–Crippen MR) is 82.9 cm³/mol. The molecule has 6 heteroatoms. The fourth-order valence-corrected chi connectivity index (χ4v) is 6.26. The molecule has 6 nitrogen and oxygen atoms in total. The Morgan fingerprint density at radius 2 is 1.83 bits per heavy atom. The van der Waals surface area contributed by atoms with Gasteiger partial charge in [-0.05, 0) is 55.8 Å². The van der Waals surface area contributed by atoms with Crippen molar-refractivity contribution in [3.63, 3.8) is 0 Å². The molecule has 3 amide bonds. The summed E-state index contributed by atoms with van der Waals surface area (Å²) < 4.78 is 5.18. The standard InChI is InChI=1S/C18H22N2O4/c1-7-12-13-8-5-6-9(18(7,12)13)11-10(8)14(21)20(15(11)22)19-16(23)24-17(2,3)4/h5-13H,1-4H3,(H,19,23)/t7?,8?,9?,10-,11+,12+,13?,18+/m0/s1. The smallest absolute Gasteiger partial charge is 0.427 e. The lowest BCUT2D eigenvalue weighted by molar-refractivity contribution is -0.143. The van der Waals surface area contributed by atoms with Crippen molar-refractivity contribution in [2.75, 3.05) is 0 Å². The van der Waals surface area contributed by atoms with Crippen molar-refractivity contribution in [3.8, 4) is 0 Å². The Morgan fingerprint density at radius 3 is 2.46 bits per heavy atom. The van der Waals surface area contributed by atoms with Crippen molar-refractivity contribution in [2.45, 2.75) is 33.3 Å². The molecule has 0 radical (unpaired) electrons. The van der Waals surface area contributed by atoms with Gasteiger partial charge in [0.05, 0.1) is 11.8 Å². The van der Waals surface area contributed by atoms with Gasteiger partial charge in [0.1, 0.15) is 5.60 Å². The molecule has 2 bridgehead atoms. The maximum atomic E-state index is 12.9. The number of carbonyl (C=O) groups excluding carboxylic acids is 3. The Bertz CT molecular complexity index is 723. The first-order valence-electron chi connectivity index (χ1n) is 8.75. The Labute approximate surface area is 140 Å². The van der Waals surface area contributed by atoms with E-state index in [0.717, 1.165) is 5.01 Å². The normalized spacial score (nSPS) is 49.5. The Hall–Kier alpha value is -1.85. The van der Waals surface area contributed by atoms with E-state index in [0.29, 0.717) is 17.8 Å². The van der Waals surface area contributed by atoms with Crippen molar-refractivity contribution in [1.29, 1.82) is 0 Å². The molecule has 128 valence electrons. The Kier molecular flexibility index (Phi) is 2.33. The minimum absolute atomic E-state index is 0.152. The fourth-order valence-electron chi connectivity index (χ4n) is 6.26. The highest BCUT2D eigenvalue weighted by atomic mass is 16.6. The maximum Gasteiger partial charge on any atom is 0.427 e. The third-order valence-corrected chi connectivity index (χ3v) is 6.98. The Balaban J connectivity index is 1.40. The summed E-state index contributed by atoms with van der Waals surface area (Å²) in [5, 5.41) is 0.917. The zero-order chi connectivity index (χ0) is 17.2. The number of imide groups is 1. The van der Waals surface area contributed by atoms with Crippen LogP contribution in [-0.2, 0) is 14.3 Å². The topological polar surface area (TPSA) is 75.7 Å². The molecule has 4 fully saturated rings. The lowest BCUT2D eigenvalue weighted by atomic mass is 9.57. The molecule has 1 heterocycles. The van der Waals surface area contributed by atoms with E-state index in [1.54, 1.807) is 20.8 Å². The van der Waals surface area contributed by atoms with E-state index in [4.69, 9.17) is 4.74 Å². The molecule has 24 heavy (non-hydrogen) atoms. The molecule has 6 aliphatic rings. The van der Waals surface area contributed by atoms with Gasteiger partial charge < -0.3 is 4.74 Å². The second-order valence-corrected chi connectivity index (χ2v) is 9.01. The van der Waals surface area contributed by atoms with E-state index in [2.05, 4.69) is 24.5 Å². The summed E-state index contributed by atoms with van der Waals surface area (Å²) >= 11 is 0. The lowest BCUT2D eigenvalue weighted by Crippen LogP contribution is -2.48. The summed E-state index contributed by atoms with van der Waals surface area (Å²) in [4.78, 5) is 37.7. The van der Waals surface area contributed by atoms with Crippen molar-refractivity contribution < 1.29 is 19.1 Å². The monoisotopic (exact) mass is 330 g/mol. The van der Waals surface area contributed by atoms with Crippen molar-refractivity contribution in [3.05, 3.63) is 12.2 Å². The molecule has 6 rings (SSSR count). The molecular formula is C18H22N2O4. The van der Waals surface area contributed by atoms with Crippen LogP contribution in [0.25, 0.3) is 0 Å². The number of allylic oxidation sites excluding steroid dienone is 2. The number of ether oxygens (including phenoxy) is 1. The van der Waals surface area contributed by atoms with Crippen molar-refractivity contribution >= 4 is 17.9 Å². The van der Waals surface area contributed by atoms with E-state index in [9.17, 15) is 14.4 Å². The third-order valence-electron chi connectivity index (χ3n) is 6.98. The molecular weight excluding hydrogens is 308 g/mol. The first-order chi connectivity index (χ1) is 11.2. The van der Waals surface area contributed by atoms with Crippen LogP contribution in [-0.4, -0.2) is 28.5 Å². The number of hydrogen-bond acceptors (Lipinski definition) is 4. The average molecular weight is 330 g/mol. The van der Waals surface area contributed by atoms with Gasteiger partial charge in [-0.15, -0.1) is 0 Å². The van der Waals surface area contributed by atoms with Gasteiger partial charge in [-0.3, -0.25) is 9.59 Å². The van der Waals surface area contributed by atoms with Gasteiger partial charge in [-0.1, -0.05) is 19.1 Å². The number of hydrogen-bond donors (Lipinski definition) is 1. The van der Waals surface area contributed by atoms with Crippen LogP contribution in [0.2, 0.25) is 0 Å². The second kappa shape index (κ2) is 3.86. The average Bonchev–Trinajstić information content (AvgIpc) is 3.33. The third kappa shape index (κ3) is 1.42. The minimum atomic E-state index is -0.760. The van der Waals surface area contributed by atoms with Crippen LogP contribution < -0.4 is 5.43 Å². The number of carbonyl (C=O) groups is 3. The number of rotatable bonds is 1. The quantitative estimate of drug-likeness (QED) is 0.587. The van der Waals surface area contributed by atoms with E-state index in [-0.39, 0.29) is 40.9 Å². The molecule has 4 unspecified atom stereocenters. The molecule has 1 saturated heterocycles. The molecule has 1 N–H and O–H groups in total. The van der Waals surface area contributed by atoms with Gasteiger partial charge >= 0.3 is 6.09 Å². The summed E-state index contributed by atoms with van der Waals surface area (Å²) in [5.74, 6) is 1.07. The number of nitrogens with zero attached hydrogens (tertiary/aromatic N) is 1. The van der Waals surface area contributed by atoms with E-state index >= 15 is 0 Å². The van der Waals surface area contributed by atoms with Crippen LogP contribution >= 0.6 is 0 Å². The summed E-state index contributed by atoms with van der Waals surface area (Å²) in [6.45, 7) is 7.48. The highest BCUT2D eigenvalue weighted by Crippen LogP contribution is 2.93. The highest BCUT2D eigenvalue weighted by Gasteiger charge is 2.92. The van der Waals surface area contributed by atoms with Crippen LogP contribution in [0.5, 0.6) is 0 Å². The molecule has 0 aromatic heterocycles. The van der Waals surface area contributed by atoms with E-state index in [1.807, 2.05) is 0 Å². The summed E-state index contributed by atoms with van der Waals surface area (Å²) in [5.41, 5.74) is 1.97. The zero-order valence-electron chi connectivity index (χ0n) is 14.3. The first kappa shape index (κ1) is 14.5. The van der Waals surface area contributed by atoms with Crippen molar-refractivity contribution in [2.24, 2.45) is 46.8 Å². The summed E-state index contributed by atoms with van der Waals surface area (Å²) in [6.07, 6.45) is 3.54. The molecule has 5 aliphatic carbocycles. The fraction of sp³-hybridized carbons (Fsp3) is 0.722. The molecule has 1 spiro atoms. The number of amides is 3. The van der Waals surface area contributed by atoms with Gasteiger partial charge in [-0.2, -0.15) is 5.01 Å². The summed E-state index contributed by atoms with van der Waals surface area (Å²) in [6, 6.07) is 0. The van der Waals surface area contributed by atoms with E-state index in [1.165, 1.54) is 0 Å². The molecule has 3 saturated carbocycles. The van der Waals surface area contributed by atoms with Crippen LogP contribution in [0.1, 0.15) is 27.7 Å². The van der Waals surface area contributed by atoms with Crippen LogP contribution in [0, 0.1) is 46.8 Å². The summed E-state index contributed by atoms with van der Waals surface area (Å²) in [7, 11) is 0. The Morgan fingerprint density at radius 1 is 1.17 bits per heavy atom. The lowest BCUT2D eigenvalue weighted by Gasteiger charge is -2.44. The van der Waals surface area contributed by atoms with Gasteiger partial charge in [0.2, 0.25) is 0 Å². The van der Waals surface area contributed by atoms with Gasteiger partial charge in [0, 0.05) is 0 Å². The molecule has 0 aromatic rings. The van der Waals surface area contributed by atoms with Gasteiger partial charge in [0.25, 0.3) is 11.8 Å². The molecule has 0 aromatic carbocycles. The molecule has 1 aliphatic heterocycles. The zero-order valence-corrected chi connectivity index (χ0v) is 14.3. The van der Waals surface area contributed by atoms with Crippen molar-refractivity contribution in [1.82, 2.24) is 10.4 Å². The maximum absolute atomic E-state index is 12.9. The second-order valence-electron chi connectivity index (χ2n) is 9.01. The van der Waals surface area contributed by atoms with Crippen LogP contribution in [0.15, 0.2) is 12.2 Å². The molecule has 8 atom stereocenters. The minimum Gasteiger partial charge on any atom is -0.443 e. The predicted octanol–water partition coefficient (Wildman–Crippen LogP) is 1.73. The van der Waals surface area contributed by atoms with E-state index < -0.39 is 11.7 Å². The number of hydrazine groups is 1. The highest BCUT2D eigenvalue weighted by molar-refractivity contribution is 6.07. The largest absolute Gasteiger partial charge is 0.443 e. The van der Waals surface area contributed by atoms with Gasteiger partial charge in [-0.25, -0.2) is 10.2 Å².